The van der Waals surface area contributed by atoms with Crippen molar-refractivity contribution in [3.05, 3.63) is 45.3 Å². The molecule has 0 aliphatic heterocycles. The lowest BCUT2D eigenvalue weighted by atomic mass is 9.95. The number of methoxy groups -OCH3 is 1. The maximum atomic E-state index is 12.6. The number of phenols is 1. The SMILES string of the molecule is COc1ccc(O)c(/C=C(\C#N)C(=O)Nc2sc3c(c2C(N)=O)CCCC3)c1. The van der Waals surface area contributed by atoms with Gasteiger partial charge >= 0.3 is 0 Å². The minimum atomic E-state index is -0.675. The number of thiophene rings is 1. The van der Waals surface area contributed by atoms with E-state index in [1.165, 1.54) is 36.7 Å². The van der Waals surface area contributed by atoms with Crippen molar-refractivity contribution >= 4 is 34.2 Å². The van der Waals surface area contributed by atoms with Crippen molar-refractivity contribution in [2.24, 2.45) is 5.73 Å². The van der Waals surface area contributed by atoms with Gasteiger partial charge in [0.1, 0.15) is 28.1 Å². The predicted octanol–water partition coefficient (Wildman–Crippen LogP) is 2.99. The van der Waals surface area contributed by atoms with Gasteiger partial charge in [-0.25, -0.2) is 0 Å². The number of phenolic OH excluding ortho intramolecular Hbond substituents is 1. The number of nitrogens with one attached hydrogen (secondary N) is 1. The van der Waals surface area contributed by atoms with Gasteiger partial charge < -0.3 is 20.9 Å². The number of ether oxygens (including phenoxy) is 1. The number of fused-ring (bicyclic) bond motifs is 1. The second-order valence-electron chi connectivity index (χ2n) is 6.33. The number of nitrogens with zero attached hydrogens (tertiary/aromatic N) is 1. The monoisotopic (exact) mass is 397 g/mol. The summed E-state index contributed by atoms with van der Waals surface area (Å²) in [4.78, 5) is 25.6. The molecule has 4 N–H and O–H groups in total. The second-order valence-corrected chi connectivity index (χ2v) is 7.43. The Bertz CT molecular complexity index is 1020. The molecule has 1 aliphatic rings. The average molecular weight is 397 g/mol. The van der Waals surface area contributed by atoms with E-state index in [0.717, 1.165) is 36.1 Å². The van der Waals surface area contributed by atoms with Crippen LogP contribution in [0.5, 0.6) is 11.5 Å². The Labute approximate surface area is 166 Å². The van der Waals surface area contributed by atoms with Crippen LogP contribution >= 0.6 is 11.3 Å². The first-order valence-electron chi connectivity index (χ1n) is 8.69. The van der Waals surface area contributed by atoms with Crippen molar-refractivity contribution in [1.29, 1.82) is 5.26 Å². The van der Waals surface area contributed by atoms with Crippen LogP contribution in [0.2, 0.25) is 0 Å². The molecule has 1 heterocycles. The third-order valence-corrected chi connectivity index (χ3v) is 5.75. The number of benzene rings is 1. The molecule has 0 atom stereocenters. The first-order valence-corrected chi connectivity index (χ1v) is 9.50. The van der Waals surface area contributed by atoms with Crippen molar-refractivity contribution in [2.75, 3.05) is 12.4 Å². The Balaban J connectivity index is 1.93. The molecule has 0 saturated heterocycles. The van der Waals surface area contributed by atoms with Crippen LogP contribution < -0.4 is 15.8 Å². The third-order valence-electron chi connectivity index (χ3n) is 4.54. The number of aryl methyl sites for hydroxylation is 1. The van der Waals surface area contributed by atoms with E-state index in [0.29, 0.717) is 16.3 Å². The lowest BCUT2D eigenvalue weighted by Crippen LogP contribution is -2.19. The van der Waals surface area contributed by atoms with Gasteiger partial charge in [0.2, 0.25) is 0 Å². The van der Waals surface area contributed by atoms with E-state index in [2.05, 4.69) is 5.32 Å². The fraction of sp³-hybridized carbons (Fsp3) is 0.250. The molecule has 0 spiro atoms. The summed E-state index contributed by atoms with van der Waals surface area (Å²) in [5, 5.41) is 22.4. The minimum absolute atomic E-state index is 0.0919. The standard InChI is InChI=1S/C20H19N3O4S/c1-27-13-6-7-15(24)11(9-13)8-12(10-21)19(26)23-20-17(18(22)25)14-4-2-3-5-16(14)28-20/h6-9,24H,2-5H2,1H3,(H2,22,25)(H,23,26)/b12-8+. The molecule has 2 amide bonds. The summed E-state index contributed by atoms with van der Waals surface area (Å²) < 4.78 is 5.10. The van der Waals surface area contributed by atoms with Crippen molar-refractivity contribution in [3.63, 3.8) is 0 Å². The Hall–Kier alpha value is -3.31. The molecule has 3 rings (SSSR count). The highest BCUT2D eigenvalue weighted by atomic mass is 32.1. The van der Waals surface area contributed by atoms with E-state index in [-0.39, 0.29) is 16.9 Å². The smallest absolute Gasteiger partial charge is 0.266 e. The molecule has 2 aromatic rings. The van der Waals surface area contributed by atoms with Crippen LogP contribution in [0.15, 0.2) is 23.8 Å². The first kappa shape index (κ1) is 19.5. The topological polar surface area (TPSA) is 125 Å². The zero-order valence-electron chi connectivity index (χ0n) is 15.2. The highest BCUT2D eigenvalue weighted by Crippen LogP contribution is 2.38. The summed E-state index contributed by atoms with van der Waals surface area (Å²) in [5.41, 5.74) is 6.81. The van der Waals surface area contributed by atoms with Crippen LogP contribution in [-0.4, -0.2) is 24.0 Å². The quantitative estimate of drug-likeness (QED) is 0.528. The molecular weight excluding hydrogens is 378 g/mol. The van der Waals surface area contributed by atoms with E-state index < -0.39 is 11.8 Å². The summed E-state index contributed by atoms with van der Waals surface area (Å²) in [6, 6.07) is 6.32. The molecule has 0 unspecified atom stereocenters. The largest absolute Gasteiger partial charge is 0.507 e. The van der Waals surface area contributed by atoms with Crippen LogP contribution in [0.25, 0.3) is 6.08 Å². The Morgan fingerprint density at radius 2 is 2.11 bits per heavy atom. The number of amides is 2. The first-order chi connectivity index (χ1) is 13.4. The fourth-order valence-corrected chi connectivity index (χ4v) is 4.45. The number of rotatable bonds is 5. The maximum absolute atomic E-state index is 12.6. The van der Waals surface area contributed by atoms with Gasteiger partial charge in [-0.05, 0) is 55.5 Å². The number of aromatic hydroxyl groups is 1. The number of hydrogen-bond donors (Lipinski definition) is 3. The fourth-order valence-electron chi connectivity index (χ4n) is 3.16. The second kappa shape index (κ2) is 8.15. The van der Waals surface area contributed by atoms with Crippen molar-refractivity contribution in [2.45, 2.75) is 25.7 Å². The van der Waals surface area contributed by atoms with Crippen molar-refractivity contribution < 1.29 is 19.4 Å². The van der Waals surface area contributed by atoms with Gasteiger partial charge in [0, 0.05) is 10.4 Å². The number of carbonyl (C=O) groups excluding carboxylic acids is 2. The van der Waals surface area contributed by atoms with E-state index in [1.54, 1.807) is 6.07 Å². The number of nitriles is 1. The van der Waals surface area contributed by atoms with Gasteiger partial charge in [0.05, 0.1) is 12.7 Å². The van der Waals surface area contributed by atoms with Crippen LogP contribution in [0.4, 0.5) is 5.00 Å². The zero-order chi connectivity index (χ0) is 20.3. The van der Waals surface area contributed by atoms with Gasteiger partial charge in [-0.15, -0.1) is 11.3 Å². The molecule has 0 fully saturated rings. The normalized spacial score (nSPS) is 13.4. The molecule has 7 nitrogen and oxygen atoms in total. The van der Waals surface area contributed by atoms with E-state index in [9.17, 15) is 20.0 Å². The molecule has 28 heavy (non-hydrogen) atoms. The van der Waals surface area contributed by atoms with Crippen LogP contribution in [-0.2, 0) is 17.6 Å². The van der Waals surface area contributed by atoms with Gasteiger partial charge in [-0.2, -0.15) is 5.26 Å². The van der Waals surface area contributed by atoms with Crippen LogP contribution in [0.3, 0.4) is 0 Å². The molecular formula is C20H19N3O4S. The molecule has 1 aromatic heterocycles. The van der Waals surface area contributed by atoms with Gasteiger partial charge in [-0.3, -0.25) is 9.59 Å². The van der Waals surface area contributed by atoms with Crippen molar-refractivity contribution in [3.8, 4) is 17.6 Å². The predicted molar refractivity (Wildman–Crippen MR) is 106 cm³/mol. The van der Waals surface area contributed by atoms with Crippen LogP contribution in [0, 0.1) is 11.3 Å². The van der Waals surface area contributed by atoms with Gasteiger partial charge in [-0.1, -0.05) is 0 Å². The molecule has 1 aliphatic carbocycles. The number of anilines is 1. The van der Waals surface area contributed by atoms with E-state index in [4.69, 9.17) is 10.5 Å². The summed E-state index contributed by atoms with van der Waals surface area (Å²) in [7, 11) is 1.47. The maximum Gasteiger partial charge on any atom is 0.266 e. The molecule has 0 saturated carbocycles. The number of nitrogens with two attached hydrogens (primary N) is 1. The summed E-state index contributed by atoms with van der Waals surface area (Å²) in [6.07, 6.45) is 4.85. The Kier molecular flexibility index (Phi) is 5.66. The van der Waals surface area contributed by atoms with Gasteiger partial charge in [0.15, 0.2) is 0 Å². The average Bonchev–Trinajstić information content (AvgIpc) is 3.05. The van der Waals surface area contributed by atoms with Crippen molar-refractivity contribution in [1.82, 2.24) is 0 Å². The van der Waals surface area contributed by atoms with E-state index >= 15 is 0 Å². The Morgan fingerprint density at radius 3 is 2.79 bits per heavy atom. The molecule has 0 bridgehead atoms. The third kappa shape index (κ3) is 3.85. The minimum Gasteiger partial charge on any atom is -0.507 e. The van der Waals surface area contributed by atoms with Crippen LogP contribution in [0.1, 0.15) is 39.2 Å². The molecule has 0 radical (unpaired) electrons. The number of primary amides is 1. The zero-order valence-corrected chi connectivity index (χ0v) is 16.1. The summed E-state index contributed by atoms with van der Waals surface area (Å²) in [5.74, 6) is -0.886. The molecule has 1 aromatic carbocycles. The Morgan fingerprint density at radius 1 is 1.36 bits per heavy atom. The number of hydrogen-bond acceptors (Lipinski definition) is 6. The number of carbonyl (C=O) groups is 2. The van der Waals surface area contributed by atoms with Gasteiger partial charge in [0.25, 0.3) is 11.8 Å². The summed E-state index contributed by atoms with van der Waals surface area (Å²) in [6.45, 7) is 0. The lowest BCUT2D eigenvalue weighted by Gasteiger charge is -2.11. The van der Waals surface area contributed by atoms with E-state index in [1.807, 2.05) is 6.07 Å². The molecule has 144 valence electrons. The highest BCUT2D eigenvalue weighted by molar-refractivity contribution is 7.17. The summed E-state index contributed by atoms with van der Waals surface area (Å²) >= 11 is 1.32. The highest BCUT2D eigenvalue weighted by Gasteiger charge is 2.25. The molecule has 8 heteroatoms. The lowest BCUT2D eigenvalue weighted by molar-refractivity contribution is -0.112.